The number of fused-ring (bicyclic) bond motifs is 1. The molecule has 1 heterocycles. The van der Waals surface area contributed by atoms with Crippen LogP contribution in [0.25, 0.3) is 0 Å². The number of allylic oxidation sites excluding steroid dienone is 1. The lowest BCUT2D eigenvalue weighted by atomic mass is 9.82. The van der Waals surface area contributed by atoms with E-state index in [1.54, 1.807) is 11.0 Å². The summed E-state index contributed by atoms with van der Waals surface area (Å²) in [6, 6.07) is 26.9. The SMILES string of the molecule is C=CC[C@H](C(N)=O)[C@@H](CC(C)C)C(=O)NC1CN(c2ccccc2)c2ccccc2N(CCc2ccccc2)C1=O. The topological polar surface area (TPSA) is 95.7 Å². The average Bonchev–Trinajstić information content (AvgIpc) is 3.08. The van der Waals surface area contributed by atoms with Crippen molar-refractivity contribution >= 4 is 34.8 Å². The molecule has 214 valence electrons. The Hall–Kier alpha value is -4.39. The maximum Gasteiger partial charge on any atom is 0.251 e. The van der Waals surface area contributed by atoms with Gasteiger partial charge < -0.3 is 20.9 Å². The maximum atomic E-state index is 14.3. The smallest absolute Gasteiger partial charge is 0.251 e. The van der Waals surface area contributed by atoms with Gasteiger partial charge in [-0.2, -0.15) is 0 Å². The molecule has 7 nitrogen and oxygen atoms in total. The third-order valence-corrected chi connectivity index (χ3v) is 7.58. The van der Waals surface area contributed by atoms with Gasteiger partial charge in [-0.15, -0.1) is 6.58 Å². The molecule has 0 radical (unpaired) electrons. The van der Waals surface area contributed by atoms with E-state index in [-0.39, 0.29) is 24.3 Å². The molecule has 3 amide bonds. The van der Waals surface area contributed by atoms with Gasteiger partial charge in [0, 0.05) is 12.2 Å². The number of primary amides is 1. The van der Waals surface area contributed by atoms with Gasteiger partial charge in [0.15, 0.2) is 0 Å². The molecule has 1 aliphatic heterocycles. The van der Waals surface area contributed by atoms with E-state index < -0.39 is 23.8 Å². The van der Waals surface area contributed by atoms with Crippen LogP contribution in [0.3, 0.4) is 0 Å². The summed E-state index contributed by atoms with van der Waals surface area (Å²) in [4.78, 5) is 44.4. The van der Waals surface area contributed by atoms with E-state index in [0.717, 1.165) is 22.6 Å². The zero-order valence-electron chi connectivity index (χ0n) is 23.9. The minimum absolute atomic E-state index is 0.148. The van der Waals surface area contributed by atoms with Crippen LogP contribution in [0.4, 0.5) is 17.1 Å². The van der Waals surface area contributed by atoms with Crippen LogP contribution in [0.15, 0.2) is 97.6 Å². The van der Waals surface area contributed by atoms with Gasteiger partial charge in [0.1, 0.15) is 6.04 Å². The second-order valence-corrected chi connectivity index (χ2v) is 11.0. The molecule has 0 saturated carbocycles. The molecule has 3 aromatic rings. The van der Waals surface area contributed by atoms with Crippen LogP contribution in [0, 0.1) is 17.8 Å². The highest BCUT2D eigenvalue weighted by atomic mass is 16.2. The fraction of sp³-hybridized carbons (Fsp3) is 0.324. The van der Waals surface area contributed by atoms with Gasteiger partial charge in [-0.3, -0.25) is 14.4 Å². The predicted molar refractivity (Wildman–Crippen MR) is 165 cm³/mol. The Balaban J connectivity index is 1.72. The molecule has 3 atom stereocenters. The summed E-state index contributed by atoms with van der Waals surface area (Å²) >= 11 is 0. The molecule has 0 bridgehead atoms. The lowest BCUT2D eigenvalue weighted by Gasteiger charge is -2.30. The molecule has 0 spiro atoms. The van der Waals surface area contributed by atoms with E-state index in [1.165, 1.54) is 0 Å². The van der Waals surface area contributed by atoms with Crippen molar-refractivity contribution in [2.24, 2.45) is 23.5 Å². The first-order chi connectivity index (χ1) is 19.8. The van der Waals surface area contributed by atoms with Gasteiger partial charge in [0.2, 0.25) is 11.8 Å². The zero-order valence-corrected chi connectivity index (χ0v) is 23.9. The Morgan fingerprint density at radius 2 is 1.56 bits per heavy atom. The number of nitrogens with one attached hydrogen (secondary N) is 1. The van der Waals surface area contributed by atoms with Crippen molar-refractivity contribution in [3.63, 3.8) is 0 Å². The third-order valence-electron chi connectivity index (χ3n) is 7.58. The highest BCUT2D eigenvalue weighted by Gasteiger charge is 2.38. The van der Waals surface area contributed by atoms with Crippen LogP contribution in [-0.2, 0) is 20.8 Å². The fourth-order valence-corrected chi connectivity index (χ4v) is 5.56. The Labute approximate surface area is 243 Å². The molecular weight excluding hydrogens is 512 g/mol. The Kier molecular flexibility index (Phi) is 9.95. The second kappa shape index (κ2) is 13.8. The van der Waals surface area contributed by atoms with E-state index in [0.29, 0.717) is 25.8 Å². The van der Waals surface area contributed by atoms with Gasteiger partial charge >= 0.3 is 0 Å². The Bertz CT molecular complexity index is 1340. The van der Waals surface area contributed by atoms with Crippen molar-refractivity contribution in [3.8, 4) is 0 Å². The Morgan fingerprint density at radius 1 is 0.951 bits per heavy atom. The number of nitrogens with zero attached hydrogens (tertiary/aromatic N) is 2. The van der Waals surface area contributed by atoms with E-state index >= 15 is 0 Å². The van der Waals surface area contributed by atoms with E-state index in [1.807, 2.05) is 98.8 Å². The summed E-state index contributed by atoms with van der Waals surface area (Å²) in [5.74, 6) is -2.30. The lowest BCUT2D eigenvalue weighted by molar-refractivity contribution is -0.135. The summed E-state index contributed by atoms with van der Waals surface area (Å²) in [7, 11) is 0. The maximum absolute atomic E-state index is 14.3. The van der Waals surface area contributed by atoms with E-state index in [2.05, 4.69) is 16.8 Å². The number of rotatable bonds is 12. The van der Waals surface area contributed by atoms with Gasteiger partial charge in [-0.05, 0) is 55.0 Å². The van der Waals surface area contributed by atoms with Crippen LogP contribution in [0.1, 0.15) is 32.3 Å². The number of carbonyl (C=O) groups excluding carboxylic acids is 3. The molecule has 7 heteroatoms. The first-order valence-corrected chi connectivity index (χ1v) is 14.3. The number of nitrogens with two attached hydrogens (primary N) is 1. The number of amides is 3. The lowest BCUT2D eigenvalue weighted by Crippen LogP contribution is -2.54. The summed E-state index contributed by atoms with van der Waals surface area (Å²) < 4.78 is 0. The Morgan fingerprint density at radius 3 is 2.17 bits per heavy atom. The van der Waals surface area contributed by atoms with Crippen molar-refractivity contribution < 1.29 is 14.4 Å². The van der Waals surface area contributed by atoms with Crippen LogP contribution in [0.2, 0.25) is 0 Å². The molecule has 41 heavy (non-hydrogen) atoms. The first-order valence-electron chi connectivity index (χ1n) is 14.3. The summed E-state index contributed by atoms with van der Waals surface area (Å²) in [6.45, 7) is 8.45. The molecule has 3 aromatic carbocycles. The molecule has 0 aromatic heterocycles. The number of benzene rings is 3. The molecule has 1 aliphatic rings. The summed E-state index contributed by atoms with van der Waals surface area (Å²) in [5, 5.41) is 3.06. The van der Waals surface area contributed by atoms with Crippen molar-refractivity contribution in [3.05, 3.63) is 103 Å². The third kappa shape index (κ3) is 7.23. The molecule has 0 fully saturated rings. The van der Waals surface area contributed by atoms with Crippen molar-refractivity contribution in [2.75, 3.05) is 22.9 Å². The number of carbonyl (C=O) groups is 3. The minimum atomic E-state index is -0.849. The molecule has 4 rings (SSSR count). The van der Waals surface area contributed by atoms with E-state index in [4.69, 9.17) is 5.73 Å². The summed E-state index contributed by atoms with van der Waals surface area (Å²) in [6.07, 6.45) is 3.04. The van der Waals surface area contributed by atoms with Crippen molar-refractivity contribution in [1.82, 2.24) is 5.32 Å². The predicted octanol–water partition coefficient (Wildman–Crippen LogP) is 5.24. The highest BCUT2D eigenvalue weighted by molar-refractivity contribution is 6.04. The van der Waals surface area contributed by atoms with Crippen LogP contribution in [-0.4, -0.2) is 36.9 Å². The standard InChI is InChI=1S/C34H40N4O3/c1-4-13-27(32(35)39)28(22-24(2)3)33(40)36-29-23-38(26-16-9-6-10-17-26)31-19-12-11-18-30(31)37(34(29)41)21-20-25-14-7-5-8-15-25/h4-12,14-19,24,27-29H,1,13,20-23H2,2-3H3,(H2,35,39)(H,36,40)/t27-,28+,29?/m0/s1. The summed E-state index contributed by atoms with van der Waals surface area (Å²) in [5.41, 5.74) is 9.45. The fourth-order valence-electron chi connectivity index (χ4n) is 5.56. The minimum Gasteiger partial charge on any atom is -0.369 e. The van der Waals surface area contributed by atoms with Crippen LogP contribution >= 0.6 is 0 Å². The first kappa shape index (κ1) is 29.6. The average molecular weight is 553 g/mol. The molecule has 1 unspecified atom stereocenters. The highest BCUT2D eigenvalue weighted by Crippen LogP contribution is 2.37. The number of hydrogen-bond donors (Lipinski definition) is 2. The monoisotopic (exact) mass is 552 g/mol. The van der Waals surface area contributed by atoms with Crippen LogP contribution in [0.5, 0.6) is 0 Å². The molecule has 0 aliphatic carbocycles. The van der Waals surface area contributed by atoms with Gasteiger partial charge in [-0.1, -0.05) is 80.6 Å². The van der Waals surface area contributed by atoms with Gasteiger partial charge in [0.25, 0.3) is 5.91 Å². The largest absolute Gasteiger partial charge is 0.369 e. The normalized spacial score (nSPS) is 16.5. The number of anilines is 3. The van der Waals surface area contributed by atoms with Crippen LogP contribution < -0.4 is 20.9 Å². The van der Waals surface area contributed by atoms with Gasteiger partial charge in [-0.25, -0.2) is 0 Å². The van der Waals surface area contributed by atoms with E-state index in [9.17, 15) is 14.4 Å². The molecule has 0 saturated heterocycles. The number of hydrogen-bond acceptors (Lipinski definition) is 4. The number of para-hydroxylation sites is 3. The quantitative estimate of drug-likeness (QED) is 0.301. The second-order valence-electron chi connectivity index (χ2n) is 11.0. The molecule has 3 N–H and O–H groups in total. The van der Waals surface area contributed by atoms with Crippen molar-refractivity contribution in [2.45, 2.75) is 39.2 Å². The van der Waals surface area contributed by atoms with Crippen molar-refractivity contribution in [1.29, 1.82) is 0 Å². The molecular formula is C34H40N4O3. The van der Waals surface area contributed by atoms with Gasteiger partial charge in [0.05, 0.1) is 29.8 Å². The zero-order chi connectivity index (χ0) is 29.4.